The lowest BCUT2D eigenvalue weighted by Gasteiger charge is -2.27. The number of aryl methyl sites for hydroxylation is 1. The van der Waals surface area contributed by atoms with Gasteiger partial charge in [0.25, 0.3) is 0 Å². The number of thiazole rings is 4. The molecule has 1 saturated heterocycles. The number of fused-ring (bicyclic) bond motifs is 8. The van der Waals surface area contributed by atoms with Crippen LogP contribution < -0.4 is 47.4 Å². The summed E-state index contributed by atoms with van der Waals surface area (Å²) in [6, 6.07) is 34.9. The van der Waals surface area contributed by atoms with Crippen molar-refractivity contribution in [1.82, 2.24) is 71.6 Å². The van der Waals surface area contributed by atoms with Crippen molar-refractivity contribution in [1.29, 1.82) is 0 Å². The van der Waals surface area contributed by atoms with E-state index >= 15 is 0 Å². The Balaban J connectivity index is 0.000000128. The average Bonchev–Trinajstić information content (AvgIpc) is 1.60. The number of thiophene rings is 4. The number of unbranched alkanes of at least 4 members (excludes halogenated alkanes) is 2. The standard InChI is InChI=1S/C30H36N6O2S2.C29H33N3O2S2.C24H28N6OS2.C22H25BrN2OS2/c1-38-16-13-31-12-10-27(37)35-30-28(22-9-11-32-19-25(22)40-30)29-34-23-7-5-20(17-24(23)39-29)21-6-8-26(33-18-21)36-14-3-2-4-15-36;1-18-15-23-27(26(35-28(23)19(2)31-18)17-22(33)7-5-4-6-14-34-3)29-32-24-16-21(8-9-25(24)36-29)20-10-12-30-13-11-20;1-14(2)26-10-8-20(31)28-23-21(17-7-9-25-12-19(17)33-23)24-29-22-16(5-4-6-18(22)32-24)15-11-27-30(3)13-15;1-13(2)5-3-6-14(26)11-18-20(15-9-10-24-12-19(15)27-18)22-25-21-16(23)7-4-8-17(21)28-22/h5-8,17-18,31-32H,2-4,9-16,19H2,1H3,(H,35,37);8-13,16,18-19,31H,4-7,14-15,17H2,1-3H3;4-6,11,13-14,25-26H,7-10,12H2,1-3H3,(H,28,31);4,7-8,13,24H,3,5-6,9-12H2,1-2H3/t;18-,19+;;/m.1../s1. The fourth-order valence-corrected chi connectivity index (χ4v) is 28.8. The highest BCUT2D eigenvalue weighted by Crippen LogP contribution is 2.51. The van der Waals surface area contributed by atoms with Crippen LogP contribution in [0.4, 0.5) is 15.8 Å². The van der Waals surface area contributed by atoms with Crippen molar-refractivity contribution in [3.05, 3.63) is 184 Å². The molecule has 15 aromatic rings. The van der Waals surface area contributed by atoms with Gasteiger partial charge >= 0.3 is 0 Å². The maximum atomic E-state index is 13.0. The molecule has 5 aliphatic heterocycles. The summed E-state index contributed by atoms with van der Waals surface area (Å²) in [5.41, 5.74) is 20.7. The first-order valence-corrected chi connectivity index (χ1v) is 55.5. The molecule has 2 atom stereocenters. The molecule has 32 heteroatoms. The molecule has 0 unspecified atom stereocenters. The number of Topliss-reactive ketones (excluding diaryl/α,β-unsaturated/α-hetero) is 2. The van der Waals surface area contributed by atoms with Crippen LogP contribution in [0, 0.1) is 5.92 Å². The summed E-state index contributed by atoms with van der Waals surface area (Å²) in [5, 5.41) is 37.2. The van der Waals surface area contributed by atoms with Gasteiger partial charge in [-0.15, -0.1) is 90.7 Å². The summed E-state index contributed by atoms with van der Waals surface area (Å²) in [4.78, 5) is 90.5. The molecule has 5 aliphatic rings. The third-order valence-corrected chi connectivity index (χ3v) is 35.0. The van der Waals surface area contributed by atoms with Crippen LogP contribution in [0.3, 0.4) is 0 Å². The van der Waals surface area contributed by atoms with Gasteiger partial charge < -0.3 is 56.9 Å². The molecule has 0 aliphatic carbocycles. The van der Waals surface area contributed by atoms with E-state index in [4.69, 9.17) is 34.4 Å². The number of ketones is 2. The highest BCUT2D eigenvalue weighted by molar-refractivity contribution is 9.10. The second-order valence-corrected chi connectivity index (χ2v) is 46.0. The Bertz CT molecular complexity index is 6690. The first kappa shape index (κ1) is 99.6. The number of rotatable bonds is 34. The Kier molecular flexibility index (Phi) is 34.5. The molecule has 0 bridgehead atoms. The largest absolute Gasteiger partial charge is 0.385 e. The molecule has 137 heavy (non-hydrogen) atoms. The van der Waals surface area contributed by atoms with E-state index < -0.39 is 0 Å². The van der Waals surface area contributed by atoms with E-state index in [1.165, 1.54) is 91.3 Å². The minimum atomic E-state index is 0.0154. The predicted octanol–water partition coefficient (Wildman–Crippen LogP) is 23.1. The lowest BCUT2D eigenvalue weighted by atomic mass is 9.94. The Morgan fingerprint density at radius 3 is 1.79 bits per heavy atom. The molecule has 20 rings (SSSR count). The Labute approximate surface area is 842 Å². The van der Waals surface area contributed by atoms with Crippen LogP contribution in [0.25, 0.3) is 117 Å². The van der Waals surface area contributed by atoms with E-state index in [0.29, 0.717) is 87.8 Å². The fraction of sp³-hybridized carbons (Fsp3) is 0.419. The van der Waals surface area contributed by atoms with E-state index in [0.717, 1.165) is 240 Å². The summed E-state index contributed by atoms with van der Waals surface area (Å²) in [7, 11) is 5.33. The summed E-state index contributed by atoms with van der Waals surface area (Å²) >= 11 is 17.5. The van der Waals surface area contributed by atoms with Gasteiger partial charge in [0.1, 0.15) is 47.4 Å². The number of methoxy groups -OCH3 is 2. The number of nitrogens with zero attached hydrogens (tertiary/aromatic N) is 9. The number of para-hydroxylation sites is 2. The van der Waals surface area contributed by atoms with Crippen LogP contribution in [-0.2, 0) is 93.9 Å². The first-order chi connectivity index (χ1) is 66.7. The summed E-state index contributed by atoms with van der Waals surface area (Å²) in [5.74, 6) is 2.46. The zero-order valence-electron chi connectivity index (χ0n) is 79.5. The summed E-state index contributed by atoms with van der Waals surface area (Å²) in [6.45, 7) is 24.1. The van der Waals surface area contributed by atoms with E-state index in [-0.39, 0.29) is 17.9 Å². The zero-order chi connectivity index (χ0) is 95.0. The van der Waals surface area contributed by atoms with Crippen molar-refractivity contribution in [2.45, 2.75) is 195 Å². The minimum Gasteiger partial charge on any atom is -0.385 e. The van der Waals surface area contributed by atoms with E-state index in [9.17, 15) is 19.2 Å². The molecule has 16 heterocycles. The van der Waals surface area contributed by atoms with Gasteiger partial charge in [0.05, 0.1) is 53.7 Å². The summed E-state index contributed by atoms with van der Waals surface area (Å²) < 4.78 is 17.7. The number of amides is 2. The van der Waals surface area contributed by atoms with Crippen LogP contribution >= 0.6 is 107 Å². The quantitative estimate of drug-likeness (QED) is 0.0174. The molecule has 8 N–H and O–H groups in total. The van der Waals surface area contributed by atoms with Gasteiger partial charge in [-0.2, -0.15) is 5.10 Å². The van der Waals surface area contributed by atoms with Gasteiger partial charge in [-0.1, -0.05) is 70.9 Å². The molecule has 0 spiro atoms. The molecule has 1 fully saturated rings. The second-order valence-electron chi connectivity index (χ2n) is 36.5. The van der Waals surface area contributed by atoms with Crippen LogP contribution in [0.5, 0.6) is 0 Å². The number of ether oxygens (including phenoxy) is 2. The van der Waals surface area contributed by atoms with Crippen molar-refractivity contribution in [3.8, 4) is 75.7 Å². The minimum absolute atomic E-state index is 0.0154. The van der Waals surface area contributed by atoms with E-state index in [1.54, 1.807) is 82.2 Å². The molecule has 718 valence electrons. The lowest BCUT2D eigenvalue weighted by Crippen LogP contribution is -2.35. The van der Waals surface area contributed by atoms with Gasteiger partial charge in [-0.3, -0.25) is 28.8 Å². The first-order valence-electron chi connectivity index (χ1n) is 48.1. The number of benzene rings is 4. The molecule has 2 amide bonds. The normalized spacial score (nSPS) is 15.2. The maximum Gasteiger partial charge on any atom is 0.226 e. The maximum absolute atomic E-state index is 13.0. The number of hydrogen-bond donors (Lipinski definition) is 8. The molecule has 0 saturated carbocycles. The number of anilines is 3. The number of hydrogen-bond acceptors (Lipinski definition) is 28. The molecule has 4 aromatic carbocycles. The molecule has 11 aromatic heterocycles. The molecular formula is C105H122BrN17O6S8. The van der Waals surface area contributed by atoms with Crippen molar-refractivity contribution < 1.29 is 28.7 Å². The van der Waals surface area contributed by atoms with Gasteiger partial charge in [-0.25, -0.2) is 24.9 Å². The number of carbonyl (C=O) groups is 4. The monoisotopic (exact) mass is 2050 g/mol. The van der Waals surface area contributed by atoms with Crippen LogP contribution in [0.1, 0.15) is 176 Å². The van der Waals surface area contributed by atoms with E-state index in [2.05, 4.69) is 194 Å². The number of halogens is 1. The number of aromatic nitrogens is 8. The summed E-state index contributed by atoms with van der Waals surface area (Å²) in [6.07, 6.45) is 25.5. The highest BCUT2D eigenvalue weighted by atomic mass is 79.9. The molecular weight excluding hydrogens is 1930 g/mol. The highest BCUT2D eigenvalue weighted by Gasteiger charge is 2.34. The van der Waals surface area contributed by atoms with Gasteiger partial charge in [-0.05, 0) is 225 Å². The Morgan fingerprint density at radius 1 is 0.533 bits per heavy atom. The topological polar surface area (TPSA) is 281 Å². The number of piperidine rings is 1. The van der Waals surface area contributed by atoms with Crippen molar-refractivity contribution >= 4 is 187 Å². The lowest BCUT2D eigenvalue weighted by molar-refractivity contribution is -0.119. The second kappa shape index (κ2) is 47.5. The van der Waals surface area contributed by atoms with Crippen molar-refractivity contribution in [2.24, 2.45) is 13.0 Å². The van der Waals surface area contributed by atoms with Gasteiger partial charge in [0.15, 0.2) is 0 Å². The molecule has 23 nitrogen and oxygen atoms in total. The van der Waals surface area contributed by atoms with Gasteiger partial charge in [0.2, 0.25) is 11.8 Å². The van der Waals surface area contributed by atoms with Gasteiger partial charge in [0, 0.05) is 234 Å². The Hall–Kier alpha value is -9.01. The van der Waals surface area contributed by atoms with Crippen molar-refractivity contribution in [2.75, 3.05) is 95.3 Å². The number of nitrogens with one attached hydrogen (secondary N) is 8. The third-order valence-electron chi connectivity index (χ3n) is 25.3. The van der Waals surface area contributed by atoms with Crippen LogP contribution in [0.15, 0.2) is 133 Å². The molecule has 0 radical (unpaired) electrons. The van der Waals surface area contributed by atoms with Crippen LogP contribution in [0.2, 0.25) is 0 Å². The average molecular weight is 2050 g/mol. The Morgan fingerprint density at radius 2 is 1.12 bits per heavy atom. The predicted molar refractivity (Wildman–Crippen MR) is 576 cm³/mol. The third kappa shape index (κ3) is 24.8. The van der Waals surface area contributed by atoms with Crippen LogP contribution in [-0.4, -0.2) is 155 Å². The fourth-order valence-electron chi connectivity index (χ4n) is 18.4. The SMILES string of the molecule is CC(C)CCCC(=O)Cc1sc2c(c1-c1nc3c(Br)cccc3s1)CCNC2.CC(C)NCCC(=O)Nc1sc2c(c1-c1nc3c(-c4cnn(C)c4)cccc3s1)CCNC2.COCCCCCC(=O)Cc1sc2c(c1-c1nc3cc(-c4ccncc4)ccc3s1)C[C@@H](C)N[C@H]2C.COCCNCCC(=O)Nc1sc2c(c1-c1nc3ccc(-c4ccc(N5CCCCC5)nc4)cc3s1)CCNC2. The zero-order valence-corrected chi connectivity index (χ0v) is 87.6. The smallest absolute Gasteiger partial charge is 0.226 e. The van der Waals surface area contributed by atoms with E-state index in [1.807, 2.05) is 83.6 Å². The van der Waals surface area contributed by atoms with Crippen molar-refractivity contribution in [3.63, 3.8) is 0 Å². The number of pyridine rings is 2. The number of carbonyl (C=O) groups excluding carboxylic acids is 4.